The lowest BCUT2D eigenvalue weighted by Gasteiger charge is -2.22. The molecule has 0 saturated carbocycles. The number of alkyl halides is 1. The Morgan fingerprint density at radius 3 is 2.50 bits per heavy atom. The van der Waals surface area contributed by atoms with E-state index in [0.29, 0.717) is 0 Å². The lowest BCUT2D eigenvalue weighted by molar-refractivity contribution is -0.146. The predicted molar refractivity (Wildman–Crippen MR) is 77.8 cm³/mol. The third-order valence-corrected chi connectivity index (χ3v) is 3.97. The smallest absolute Gasteiger partial charge is 0.302 e. The first-order valence-electron chi connectivity index (χ1n) is 6.51. The number of rotatable bonds is 7. The second-order valence-corrected chi connectivity index (χ2v) is 5.44. The number of esters is 1. The van der Waals surface area contributed by atoms with Gasteiger partial charge in [0.1, 0.15) is 6.10 Å². The summed E-state index contributed by atoms with van der Waals surface area (Å²) in [6, 6.07) is 10.1. The van der Waals surface area contributed by atoms with Gasteiger partial charge in [-0.25, -0.2) is 0 Å². The fourth-order valence-corrected chi connectivity index (χ4v) is 2.60. The topological polar surface area (TPSA) is 26.3 Å². The van der Waals surface area contributed by atoms with Gasteiger partial charge in [0.05, 0.1) is 4.83 Å². The number of unbranched alkanes of at least 4 members (excludes halogenated alkanes) is 2. The van der Waals surface area contributed by atoms with Gasteiger partial charge in [0.15, 0.2) is 0 Å². The summed E-state index contributed by atoms with van der Waals surface area (Å²) in [5.41, 5.74) is 1.15. The normalized spacial score (nSPS) is 13.9. The number of carbonyl (C=O) groups excluding carboxylic acids is 1. The summed E-state index contributed by atoms with van der Waals surface area (Å²) in [5.74, 6) is -0.211. The van der Waals surface area contributed by atoms with Crippen LogP contribution in [0.3, 0.4) is 0 Å². The van der Waals surface area contributed by atoms with Crippen molar-refractivity contribution in [3.05, 3.63) is 35.9 Å². The maximum atomic E-state index is 11.2. The van der Waals surface area contributed by atoms with Crippen molar-refractivity contribution in [1.29, 1.82) is 0 Å². The zero-order chi connectivity index (χ0) is 13.4. The molecule has 2 atom stereocenters. The first kappa shape index (κ1) is 15.2. The maximum absolute atomic E-state index is 11.2. The van der Waals surface area contributed by atoms with Gasteiger partial charge in [-0.05, 0) is 18.4 Å². The Kier molecular flexibility index (Phi) is 7.02. The minimum absolute atomic E-state index is 0.0689. The molecular formula is C15H21BrO2. The SMILES string of the molecule is CCCCCC(OC(C)=O)C(Br)c1ccccc1. The van der Waals surface area contributed by atoms with E-state index in [9.17, 15) is 4.79 Å². The standard InChI is InChI=1S/C15H21BrO2/c1-3-4-6-11-14(18-12(2)17)15(16)13-9-7-5-8-10-13/h5,7-10,14-15H,3-4,6,11H2,1-2H3. The number of benzene rings is 1. The molecule has 0 spiro atoms. The van der Waals surface area contributed by atoms with Gasteiger partial charge in [-0.3, -0.25) is 4.79 Å². The van der Waals surface area contributed by atoms with E-state index in [1.807, 2.05) is 18.2 Å². The molecule has 0 N–H and O–H groups in total. The van der Waals surface area contributed by atoms with Crippen LogP contribution >= 0.6 is 15.9 Å². The molecule has 0 amide bonds. The number of halogens is 1. The first-order valence-corrected chi connectivity index (χ1v) is 7.43. The number of hydrogen-bond donors (Lipinski definition) is 0. The average Bonchev–Trinajstić information content (AvgIpc) is 2.37. The van der Waals surface area contributed by atoms with Gasteiger partial charge in [-0.2, -0.15) is 0 Å². The molecule has 18 heavy (non-hydrogen) atoms. The van der Waals surface area contributed by atoms with Crippen LogP contribution in [0.25, 0.3) is 0 Å². The molecule has 0 bridgehead atoms. The molecule has 0 aliphatic heterocycles. The Morgan fingerprint density at radius 1 is 1.28 bits per heavy atom. The van der Waals surface area contributed by atoms with Crippen LogP contribution in [0.2, 0.25) is 0 Å². The lowest BCUT2D eigenvalue weighted by atomic mass is 10.0. The molecule has 0 fully saturated rings. The summed E-state index contributed by atoms with van der Waals surface area (Å²) < 4.78 is 5.43. The van der Waals surface area contributed by atoms with E-state index in [1.54, 1.807) is 0 Å². The van der Waals surface area contributed by atoms with Crippen LogP contribution in [0.5, 0.6) is 0 Å². The van der Waals surface area contributed by atoms with Gasteiger partial charge in [0.2, 0.25) is 0 Å². The van der Waals surface area contributed by atoms with E-state index < -0.39 is 0 Å². The molecule has 3 heteroatoms. The zero-order valence-corrected chi connectivity index (χ0v) is 12.7. The Morgan fingerprint density at radius 2 is 1.94 bits per heavy atom. The first-order chi connectivity index (χ1) is 8.65. The molecule has 1 rings (SSSR count). The molecule has 100 valence electrons. The van der Waals surface area contributed by atoms with Crippen LogP contribution in [0.15, 0.2) is 30.3 Å². The lowest BCUT2D eigenvalue weighted by Crippen LogP contribution is -2.21. The highest BCUT2D eigenvalue weighted by molar-refractivity contribution is 9.09. The van der Waals surface area contributed by atoms with Crippen molar-refractivity contribution in [3.8, 4) is 0 Å². The number of hydrogen-bond acceptors (Lipinski definition) is 2. The van der Waals surface area contributed by atoms with Crippen molar-refractivity contribution in [1.82, 2.24) is 0 Å². The molecule has 0 aliphatic carbocycles. The highest BCUT2D eigenvalue weighted by atomic mass is 79.9. The van der Waals surface area contributed by atoms with Crippen molar-refractivity contribution >= 4 is 21.9 Å². The van der Waals surface area contributed by atoms with Gasteiger partial charge in [0.25, 0.3) is 0 Å². The second kappa shape index (κ2) is 8.30. The number of ether oxygens (including phenoxy) is 1. The predicted octanol–water partition coefficient (Wildman–Crippen LogP) is 4.63. The Balaban J connectivity index is 2.66. The Bertz CT molecular complexity index is 351. The fraction of sp³-hybridized carbons (Fsp3) is 0.533. The van der Waals surface area contributed by atoms with Gasteiger partial charge in [0, 0.05) is 6.92 Å². The van der Waals surface area contributed by atoms with Gasteiger partial charge in [-0.1, -0.05) is 66.0 Å². The minimum atomic E-state index is -0.211. The number of carbonyl (C=O) groups is 1. The largest absolute Gasteiger partial charge is 0.461 e. The highest BCUT2D eigenvalue weighted by Gasteiger charge is 2.22. The Hall–Kier alpha value is -0.830. The summed E-state index contributed by atoms with van der Waals surface area (Å²) in [6.07, 6.45) is 4.25. The van der Waals surface area contributed by atoms with Gasteiger partial charge in [-0.15, -0.1) is 0 Å². The minimum Gasteiger partial charge on any atom is -0.461 e. The third-order valence-electron chi connectivity index (χ3n) is 2.85. The quantitative estimate of drug-likeness (QED) is 0.416. The molecule has 0 saturated heterocycles. The van der Waals surface area contributed by atoms with Crippen molar-refractivity contribution < 1.29 is 9.53 Å². The average molecular weight is 313 g/mol. The summed E-state index contributed by atoms with van der Waals surface area (Å²) >= 11 is 3.66. The van der Waals surface area contributed by atoms with E-state index >= 15 is 0 Å². The summed E-state index contributed by atoms with van der Waals surface area (Å²) in [6.45, 7) is 3.64. The third kappa shape index (κ3) is 5.21. The second-order valence-electron chi connectivity index (χ2n) is 4.46. The summed E-state index contributed by atoms with van der Waals surface area (Å²) in [5, 5.41) is 0. The molecule has 2 unspecified atom stereocenters. The van der Waals surface area contributed by atoms with E-state index in [0.717, 1.165) is 18.4 Å². The van der Waals surface area contributed by atoms with Crippen molar-refractivity contribution in [2.45, 2.75) is 50.5 Å². The van der Waals surface area contributed by atoms with Crippen LogP contribution < -0.4 is 0 Å². The molecule has 2 nitrogen and oxygen atoms in total. The van der Waals surface area contributed by atoms with E-state index in [-0.39, 0.29) is 16.9 Å². The van der Waals surface area contributed by atoms with Crippen molar-refractivity contribution in [3.63, 3.8) is 0 Å². The Labute approximate surface area is 118 Å². The van der Waals surface area contributed by atoms with Crippen LogP contribution in [-0.4, -0.2) is 12.1 Å². The maximum Gasteiger partial charge on any atom is 0.302 e. The molecule has 1 aromatic rings. The van der Waals surface area contributed by atoms with E-state index in [4.69, 9.17) is 4.74 Å². The van der Waals surface area contributed by atoms with Crippen molar-refractivity contribution in [2.24, 2.45) is 0 Å². The molecule has 1 aromatic carbocycles. The zero-order valence-electron chi connectivity index (χ0n) is 11.1. The van der Waals surface area contributed by atoms with E-state index in [1.165, 1.54) is 19.8 Å². The summed E-state index contributed by atoms with van der Waals surface area (Å²) in [4.78, 5) is 11.2. The molecular weight excluding hydrogens is 292 g/mol. The van der Waals surface area contributed by atoms with E-state index in [2.05, 4.69) is 35.0 Å². The molecule has 0 heterocycles. The van der Waals surface area contributed by atoms with Crippen LogP contribution in [-0.2, 0) is 9.53 Å². The van der Waals surface area contributed by atoms with Crippen LogP contribution in [0.4, 0.5) is 0 Å². The molecule has 0 aliphatic rings. The van der Waals surface area contributed by atoms with Crippen LogP contribution in [0.1, 0.15) is 49.9 Å². The molecule has 0 aromatic heterocycles. The summed E-state index contributed by atoms with van der Waals surface area (Å²) in [7, 11) is 0. The molecule has 0 radical (unpaired) electrons. The van der Waals surface area contributed by atoms with Crippen molar-refractivity contribution in [2.75, 3.05) is 0 Å². The monoisotopic (exact) mass is 312 g/mol. The van der Waals surface area contributed by atoms with Gasteiger partial charge < -0.3 is 4.74 Å². The van der Waals surface area contributed by atoms with Gasteiger partial charge >= 0.3 is 5.97 Å². The fourth-order valence-electron chi connectivity index (χ4n) is 1.93. The van der Waals surface area contributed by atoms with Crippen LogP contribution in [0, 0.1) is 0 Å². The highest BCUT2D eigenvalue weighted by Crippen LogP contribution is 2.31.